The van der Waals surface area contributed by atoms with Crippen molar-refractivity contribution in [1.82, 2.24) is 20.2 Å². The number of piperazine rings is 1. The van der Waals surface area contributed by atoms with E-state index in [4.69, 9.17) is 0 Å². The highest BCUT2D eigenvalue weighted by Crippen LogP contribution is 2.28. The summed E-state index contributed by atoms with van der Waals surface area (Å²) >= 11 is 0. The first kappa shape index (κ1) is 16.2. The van der Waals surface area contributed by atoms with Crippen molar-refractivity contribution in [3.8, 4) is 11.3 Å². The number of hydrogen-bond donors (Lipinski definition) is 1. The van der Waals surface area contributed by atoms with Crippen LogP contribution in [0.15, 0.2) is 53.7 Å². The fourth-order valence-corrected chi connectivity index (χ4v) is 3.14. The summed E-state index contributed by atoms with van der Waals surface area (Å²) in [6.07, 6.45) is 2.52. The third-order valence-electron chi connectivity index (χ3n) is 4.40. The van der Waals surface area contributed by atoms with Crippen molar-refractivity contribution >= 4 is 11.5 Å². The summed E-state index contributed by atoms with van der Waals surface area (Å²) in [6, 6.07) is 11.3. The quantitative estimate of drug-likeness (QED) is 0.773. The average Bonchev–Trinajstić information content (AvgIpc) is 2.69. The van der Waals surface area contributed by atoms with Crippen LogP contribution in [0.1, 0.15) is 0 Å². The Morgan fingerprint density at radius 1 is 1.04 bits per heavy atom. The third-order valence-corrected chi connectivity index (χ3v) is 4.40. The summed E-state index contributed by atoms with van der Waals surface area (Å²) < 4.78 is 13.9. The first-order valence-corrected chi connectivity index (χ1v) is 8.33. The number of aromatic amines is 1. The Hall–Kier alpha value is -3.29. The molecule has 0 amide bonds. The number of anilines is 2. The van der Waals surface area contributed by atoms with E-state index in [9.17, 15) is 9.18 Å². The fourth-order valence-electron chi connectivity index (χ4n) is 3.14. The summed E-state index contributed by atoms with van der Waals surface area (Å²) in [7, 11) is 0. The lowest BCUT2D eigenvalue weighted by atomic mass is 10.1. The maximum atomic E-state index is 13.9. The molecule has 132 valence electrons. The predicted octanol–water partition coefficient (Wildman–Crippen LogP) is 1.69. The van der Waals surface area contributed by atoms with Gasteiger partial charge in [-0.1, -0.05) is 30.3 Å². The molecule has 8 heteroatoms. The molecule has 0 unspecified atom stereocenters. The first-order chi connectivity index (χ1) is 12.7. The number of halogens is 1. The molecule has 1 aliphatic heterocycles. The second-order valence-corrected chi connectivity index (χ2v) is 6.00. The van der Waals surface area contributed by atoms with E-state index in [-0.39, 0.29) is 5.56 Å². The molecule has 0 radical (unpaired) electrons. The molecule has 0 saturated carbocycles. The van der Waals surface area contributed by atoms with Gasteiger partial charge in [0.15, 0.2) is 11.6 Å². The summed E-state index contributed by atoms with van der Waals surface area (Å²) in [6.45, 7) is 2.45. The van der Waals surface area contributed by atoms with Crippen molar-refractivity contribution in [2.75, 3.05) is 36.0 Å². The predicted molar refractivity (Wildman–Crippen MR) is 96.7 cm³/mol. The van der Waals surface area contributed by atoms with Crippen LogP contribution < -0.4 is 15.4 Å². The number of aromatic nitrogens is 4. The third kappa shape index (κ3) is 3.13. The summed E-state index contributed by atoms with van der Waals surface area (Å²) in [4.78, 5) is 23.5. The number of benzene rings is 1. The largest absolute Gasteiger partial charge is 0.366 e. The Bertz CT molecular complexity index is 953. The zero-order valence-electron chi connectivity index (χ0n) is 14.0. The number of nitrogens with one attached hydrogen (secondary N) is 1. The van der Waals surface area contributed by atoms with Crippen LogP contribution in [0, 0.1) is 5.82 Å². The molecule has 1 aromatic carbocycles. The van der Waals surface area contributed by atoms with Gasteiger partial charge in [-0.2, -0.15) is 5.10 Å². The van der Waals surface area contributed by atoms with Crippen LogP contribution >= 0.6 is 0 Å². The zero-order chi connectivity index (χ0) is 17.9. The molecule has 26 heavy (non-hydrogen) atoms. The van der Waals surface area contributed by atoms with Gasteiger partial charge in [-0.15, -0.1) is 0 Å². The summed E-state index contributed by atoms with van der Waals surface area (Å²) in [5.41, 5.74) is 2.20. The molecule has 0 spiro atoms. The Balaban J connectivity index is 1.59. The van der Waals surface area contributed by atoms with Crippen molar-refractivity contribution in [3.05, 3.63) is 65.1 Å². The van der Waals surface area contributed by atoms with Gasteiger partial charge < -0.3 is 9.80 Å². The molecule has 0 bridgehead atoms. The minimum atomic E-state index is -0.427. The van der Waals surface area contributed by atoms with Gasteiger partial charge >= 0.3 is 0 Å². The Morgan fingerprint density at radius 3 is 2.50 bits per heavy atom. The van der Waals surface area contributed by atoms with E-state index < -0.39 is 5.82 Å². The lowest BCUT2D eigenvalue weighted by molar-refractivity contribution is 0.582. The van der Waals surface area contributed by atoms with Crippen LogP contribution in [0.5, 0.6) is 0 Å². The number of hydrogen-bond acceptors (Lipinski definition) is 6. The van der Waals surface area contributed by atoms with Crippen LogP contribution in [0.3, 0.4) is 0 Å². The fraction of sp³-hybridized carbons (Fsp3) is 0.222. The molecule has 2 aromatic heterocycles. The van der Waals surface area contributed by atoms with E-state index in [0.29, 0.717) is 32.0 Å². The molecule has 4 rings (SSSR count). The van der Waals surface area contributed by atoms with Gasteiger partial charge in [0.25, 0.3) is 5.56 Å². The topological polar surface area (TPSA) is 78.0 Å². The van der Waals surface area contributed by atoms with Crippen LogP contribution in [0.4, 0.5) is 15.9 Å². The lowest BCUT2D eigenvalue weighted by Crippen LogP contribution is -2.47. The van der Waals surface area contributed by atoms with Crippen molar-refractivity contribution in [2.24, 2.45) is 0 Å². The molecule has 3 aromatic rings. The van der Waals surface area contributed by atoms with Gasteiger partial charge in [-0.3, -0.25) is 4.79 Å². The molecule has 1 fully saturated rings. The molecular formula is C18H17FN6O. The molecule has 3 heterocycles. The van der Waals surface area contributed by atoms with E-state index in [1.807, 2.05) is 35.2 Å². The van der Waals surface area contributed by atoms with Gasteiger partial charge in [0.1, 0.15) is 12.0 Å². The van der Waals surface area contributed by atoms with Crippen molar-refractivity contribution in [1.29, 1.82) is 0 Å². The molecule has 1 saturated heterocycles. The van der Waals surface area contributed by atoms with Gasteiger partial charge in [-0.25, -0.2) is 19.5 Å². The van der Waals surface area contributed by atoms with Crippen molar-refractivity contribution in [3.63, 3.8) is 0 Å². The Labute approximate surface area is 149 Å². The molecular weight excluding hydrogens is 335 g/mol. The van der Waals surface area contributed by atoms with Crippen LogP contribution in [0.25, 0.3) is 11.3 Å². The number of nitrogens with zero attached hydrogens (tertiary/aromatic N) is 5. The first-order valence-electron chi connectivity index (χ1n) is 8.33. The van der Waals surface area contributed by atoms with Crippen molar-refractivity contribution in [2.45, 2.75) is 0 Å². The molecule has 7 nitrogen and oxygen atoms in total. The normalized spacial score (nSPS) is 14.5. The van der Waals surface area contributed by atoms with Gasteiger partial charge in [0.05, 0.1) is 11.9 Å². The Morgan fingerprint density at radius 2 is 1.77 bits per heavy atom. The lowest BCUT2D eigenvalue weighted by Gasteiger charge is -2.37. The zero-order valence-corrected chi connectivity index (χ0v) is 14.0. The van der Waals surface area contributed by atoms with Crippen molar-refractivity contribution < 1.29 is 4.39 Å². The maximum absolute atomic E-state index is 13.9. The highest BCUT2D eigenvalue weighted by atomic mass is 19.1. The summed E-state index contributed by atoms with van der Waals surface area (Å²) in [5.74, 6) is -0.115. The summed E-state index contributed by atoms with van der Waals surface area (Å²) in [5, 5.41) is 6.75. The molecule has 1 N–H and O–H groups in total. The SMILES string of the molecule is O=c1cc(N2CCN(c3ncncc3F)CC2)c(-c2ccccc2)n[nH]1. The van der Waals surface area contributed by atoms with Gasteiger partial charge in [0, 0.05) is 37.8 Å². The molecule has 1 aliphatic rings. The van der Waals surface area contributed by atoms with E-state index >= 15 is 0 Å². The van der Waals surface area contributed by atoms with Crippen LogP contribution in [-0.2, 0) is 0 Å². The van der Waals surface area contributed by atoms with E-state index in [0.717, 1.165) is 16.9 Å². The number of H-pyrrole nitrogens is 1. The van der Waals surface area contributed by atoms with Gasteiger partial charge in [0.2, 0.25) is 0 Å². The molecule has 0 atom stereocenters. The van der Waals surface area contributed by atoms with Crippen LogP contribution in [-0.4, -0.2) is 46.3 Å². The minimum Gasteiger partial charge on any atom is -0.366 e. The minimum absolute atomic E-state index is 0.246. The van der Waals surface area contributed by atoms with E-state index in [1.54, 1.807) is 6.07 Å². The highest BCUT2D eigenvalue weighted by molar-refractivity contribution is 5.74. The van der Waals surface area contributed by atoms with E-state index in [2.05, 4.69) is 25.1 Å². The van der Waals surface area contributed by atoms with E-state index in [1.165, 1.54) is 12.5 Å². The Kier molecular flexibility index (Phi) is 4.30. The number of rotatable bonds is 3. The van der Waals surface area contributed by atoms with Gasteiger partial charge in [-0.05, 0) is 0 Å². The monoisotopic (exact) mass is 352 g/mol. The van der Waals surface area contributed by atoms with Crippen LogP contribution in [0.2, 0.25) is 0 Å². The average molecular weight is 352 g/mol. The highest BCUT2D eigenvalue weighted by Gasteiger charge is 2.23. The second-order valence-electron chi connectivity index (χ2n) is 6.00. The smallest absolute Gasteiger partial charge is 0.266 e. The maximum Gasteiger partial charge on any atom is 0.266 e. The molecule has 0 aliphatic carbocycles. The standard InChI is InChI=1S/C18H17FN6O/c19-14-11-20-12-21-18(14)25-8-6-24(7-9-25)15-10-16(26)22-23-17(15)13-4-2-1-3-5-13/h1-5,10-12H,6-9H2,(H,22,26). The second kappa shape index (κ2) is 6.91.